The molecule has 0 saturated carbocycles. The number of carboxylic acids is 1. The van der Waals surface area contributed by atoms with Gasteiger partial charge in [-0.15, -0.1) is 0 Å². The first-order chi connectivity index (χ1) is 6.49. The molecule has 1 saturated heterocycles. The van der Waals surface area contributed by atoms with Crippen molar-refractivity contribution in [1.29, 1.82) is 0 Å². The van der Waals surface area contributed by atoms with Crippen LogP contribution in [0, 0.1) is 0 Å². The summed E-state index contributed by atoms with van der Waals surface area (Å²) < 4.78 is 0. The molecule has 0 bridgehead atoms. The Bertz CT molecular complexity index is 220. The number of likely N-dealkylation sites (tertiary alicyclic amines) is 1. The minimum absolute atomic E-state index is 0.516. The average molecular weight is 200 g/mol. The van der Waals surface area contributed by atoms with Crippen molar-refractivity contribution in [1.82, 2.24) is 10.2 Å². The molecule has 1 heterocycles. The lowest BCUT2D eigenvalue weighted by molar-refractivity contribution is -0.144. The molecule has 1 fully saturated rings. The maximum absolute atomic E-state index is 11.1. The molecule has 0 radical (unpaired) electrons. The molecular formula is C10H20N2O2. The Hall–Kier alpha value is -0.610. The molecule has 0 spiro atoms. The fourth-order valence-corrected chi connectivity index (χ4v) is 1.89. The zero-order chi connectivity index (χ0) is 10.8. The lowest BCUT2D eigenvalue weighted by Gasteiger charge is -2.31. The summed E-state index contributed by atoms with van der Waals surface area (Å²) in [4.78, 5) is 13.3. The Morgan fingerprint density at radius 3 is 2.71 bits per heavy atom. The molecule has 1 aliphatic heterocycles. The number of hydrogen-bond donors (Lipinski definition) is 2. The molecule has 14 heavy (non-hydrogen) atoms. The van der Waals surface area contributed by atoms with Gasteiger partial charge in [-0.25, -0.2) is 0 Å². The fourth-order valence-electron chi connectivity index (χ4n) is 1.89. The Labute approximate surface area is 85.3 Å². The Morgan fingerprint density at radius 1 is 1.71 bits per heavy atom. The van der Waals surface area contributed by atoms with Crippen molar-refractivity contribution in [2.24, 2.45) is 0 Å². The highest BCUT2D eigenvalue weighted by Gasteiger charge is 2.35. The van der Waals surface area contributed by atoms with Crippen molar-refractivity contribution in [3.8, 4) is 0 Å². The lowest BCUT2D eigenvalue weighted by Crippen LogP contribution is -2.56. The van der Waals surface area contributed by atoms with E-state index in [0.717, 1.165) is 6.54 Å². The number of aliphatic carboxylic acids is 1. The summed E-state index contributed by atoms with van der Waals surface area (Å²) >= 11 is 0. The second-order valence-corrected chi connectivity index (χ2v) is 4.35. The van der Waals surface area contributed by atoms with Crippen molar-refractivity contribution in [3.05, 3.63) is 0 Å². The highest BCUT2D eigenvalue weighted by atomic mass is 16.4. The van der Waals surface area contributed by atoms with E-state index < -0.39 is 11.5 Å². The van der Waals surface area contributed by atoms with Crippen LogP contribution in [0.5, 0.6) is 0 Å². The van der Waals surface area contributed by atoms with Gasteiger partial charge in [0.05, 0.1) is 0 Å². The fraction of sp³-hybridized carbons (Fsp3) is 0.900. The van der Waals surface area contributed by atoms with Gasteiger partial charge in [-0.2, -0.15) is 0 Å². The molecule has 82 valence electrons. The number of carbonyl (C=O) groups is 1. The monoisotopic (exact) mass is 200 g/mol. The van der Waals surface area contributed by atoms with Crippen molar-refractivity contribution in [2.45, 2.75) is 38.3 Å². The van der Waals surface area contributed by atoms with Gasteiger partial charge in [-0.1, -0.05) is 0 Å². The maximum Gasteiger partial charge on any atom is 0.324 e. The van der Waals surface area contributed by atoms with E-state index in [1.807, 2.05) is 0 Å². The first kappa shape index (κ1) is 11.5. The molecule has 2 atom stereocenters. The number of rotatable bonds is 4. The highest BCUT2D eigenvalue weighted by Crippen LogP contribution is 2.19. The van der Waals surface area contributed by atoms with Crippen LogP contribution in [-0.2, 0) is 4.79 Å². The van der Waals surface area contributed by atoms with E-state index in [2.05, 4.69) is 17.1 Å². The molecule has 0 aliphatic carbocycles. The summed E-state index contributed by atoms with van der Waals surface area (Å²) in [6.07, 6.45) is 2.36. The molecule has 0 aromatic heterocycles. The second kappa shape index (κ2) is 4.28. The minimum Gasteiger partial charge on any atom is -0.480 e. The number of carboxylic acid groups (broad SMARTS) is 1. The molecule has 1 aliphatic rings. The van der Waals surface area contributed by atoms with Crippen LogP contribution in [0.1, 0.15) is 26.7 Å². The largest absolute Gasteiger partial charge is 0.480 e. The van der Waals surface area contributed by atoms with E-state index in [1.165, 1.54) is 12.8 Å². The van der Waals surface area contributed by atoms with E-state index in [-0.39, 0.29) is 0 Å². The third-order valence-electron chi connectivity index (χ3n) is 3.23. The van der Waals surface area contributed by atoms with Crippen LogP contribution in [0.3, 0.4) is 0 Å². The quantitative estimate of drug-likeness (QED) is 0.695. The third kappa shape index (κ3) is 2.25. The van der Waals surface area contributed by atoms with Crippen molar-refractivity contribution in [3.63, 3.8) is 0 Å². The number of likely N-dealkylation sites (N-methyl/N-ethyl adjacent to an activating group) is 1. The summed E-state index contributed by atoms with van der Waals surface area (Å²) in [5.74, 6) is -0.779. The van der Waals surface area contributed by atoms with Crippen LogP contribution in [0.25, 0.3) is 0 Å². The van der Waals surface area contributed by atoms with Gasteiger partial charge in [-0.3, -0.25) is 9.69 Å². The first-order valence-corrected chi connectivity index (χ1v) is 5.16. The molecule has 0 aromatic carbocycles. The van der Waals surface area contributed by atoms with Gasteiger partial charge >= 0.3 is 5.97 Å². The zero-order valence-electron chi connectivity index (χ0n) is 9.21. The molecule has 2 N–H and O–H groups in total. The Balaban J connectivity index is 2.60. The van der Waals surface area contributed by atoms with Gasteiger partial charge in [0.15, 0.2) is 0 Å². The minimum atomic E-state index is -0.821. The maximum atomic E-state index is 11.1. The van der Waals surface area contributed by atoms with Crippen LogP contribution < -0.4 is 5.32 Å². The Kier molecular flexibility index (Phi) is 3.50. The van der Waals surface area contributed by atoms with Gasteiger partial charge in [0.1, 0.15) is 5.54 Å². The standard InChI is InChI=1S/C10H20N2O2/c1-8-5-4-6-12(8)7-10(2,11-3)9(13)14/h8,11H,4-7H2,1-3H3,(H,13,14). The first-order valence-electron chi connectivity index (χ1n) is 5.16. The summed E-state index contributed by atoms with van der Waals surface area (Å²) in [5.41, 5.74) is -0.821. The molecule has 0 aromatic rings. The van der Waals surface area contributed by atoms with Crippen LogP contribution in [-0.4, -0.2) is 47.7 Å². The molecular weight excluding hydrogens is 180 g/mol. The number of nitrogens with zero attached hydrogens (tertiary/aromatic N) is 1. The molecule has 4 nitrogen and oxygen atoms in total. The van der Waals surface area contributed by atoms with Crippen molar-refractivity contribution < 1.29 is 9.90 Å². The van der Waals surface area contributed by atoms with E-state index in [1.54, 1.807) is 14.0 Å². The molecule has 0 amide bonds. The molecule has 4 heteroatoms. The van der Waals surface area contributed by atoms with E-state index in [9.17, 15) is 4.79 Å². The summed E-state index contributed by atoms with van der Waals surface area (Å²) in [6.45, 7) is 5.50. The van der Waals surface area contributed by atoms with E-state index in [0.29, 0.717) is 12.6 Å². The van der Waals surface area contributed by atoms with Gasteiger partial charge in [0.2, 0.25) is 0 Å². The van der Waals surface area contributed by atoms with Crippen LogP contribution >= 0.6 is 0 Å². The van der Waals surface area contributed by atoms with Crippen LogP contribution in [0.4, 0.5) is 0 Å². The summed E-state index contributed by atoms with van der Waals surface area (Å²) in [6, 6.07) is 0.516. The van der Waals surface area contributed by atoms with Crippen molar-refractivity contribution >= 4 is 5.97 Å². The third-order valence-corrected chi connectivity index (χ3v) is 3.23. The Morgan fingerprint density at radius 2 is 2.36 bits per heavy atom. The number of nitrogens with one attached hydrogen (secondary N) is 1. The smallest absolute Gasteiger partial charge is 0.324 e. The molecule has 1 rings (SSSR count). The molecule has 2 unspecified atom stereocenters. The second-order valence-electron chi connectivity index (χ2n) is 4.35. The summed E-state index contributed by atoms with van der Waals surface area (Å²) in [7, 11) is 1.70. The SMILES string of the molecule is CNC(C)(CN1CCCC1C)C(=O)O. The average Bonchev–Trinajstić information content (AvgIpc) is 2.51. The van der Waals surface area contributed by atoms with Gasteiger partial charge in [0.25, 0.3) is 0 Å². The topological polar surface area (TPSA) is 52.6 Å². The predicted molar refractivity (Wildman–Crippen MR) is 55.4 cm³/mol. The van der Waals surface area contributed by atoms with E-state index >= 15 is 0 Å². The summed E-state index contributed by atoms with van der Waals surface area (Å²) in [5, 5.41) is 12.0. The number of hydrogen-bond acceptors (Lipinski definition) is 3. The predicted octanol–water partition coefficient (Wildman–Crippen LogP) is 0.533. The highest BCUT2D eigenvalue weighted by molar-refractivity contribution is 5.78. The normalized spacial score (nSPS) is 27.5. The van der Waals surface area contributed by atoms with Crippen LogP contribution in [0.15, 0.2) is 0 Å². The van der Waals surface area contributed by atoms with E-state index in [4.69, 9.17) is 5.11 Å². The van der Waals surface area contributed by atoms with Crippen molar-refractivity contribution in [2.75, 3.05) is 20.1 Å². The van der Waals surface area contributed by atoms with Gasteiger partial charge < -0.3 is 10.4 Å². The van der Waals surface area contributed by atoms with Crippen LogP contribution in [0.2, 0.25) is 0 Å². The zero-order valence-corrected chi connectivity index (χ0v) is 9.21. The van der Waals surface area contributed by atoms with Gasteiger partial charge in [0, 0.05) is 12.6 Å². The van der Waals surface area contributed by atoms with Gasteiger partial charge in [-0.05, 0) is 40.3 Å². The lowest BCUT2D eigenvalue weighted by atomic mass is 10.0.